The summed E-state index contributed by atoms with van der Waals surface area (Å²) >= 11 is 0. The highest BCUT2D eigenvalue weighted by atomic mass is 16.1. The van der Waals surface area contributed by atoms with Crippen LogP contribution in [0.15, 0.2) is 23.0 Å². The molecule has 3 heteroatoms. The van der Waals surface area contributed by atoms with Gasteiger partial charge in [-0.25, -0.2) is 4.98 Å². The molecule has 18 heavy (non-hydrogen) atoms. The van der Waals surface area contributed by atoms with Crippen molar-refractivity contribution in [2.45, 2.75) is 46.6 Å². The van der Waals surface area contributed by atoms with Gasteiger partial charge in [-0.2, -0.15) is 0 Å². The number of nitrogens with zero attached hydrogens (tertiary/aromatic N) is 2. The van der Waals surface area contributed by atoms with E-state index in [0.717, 1.165) is 42.5 Å². The first kappa shape index (κ1) is 12.8. The summed E-state index contributed by atoms with van der Waals surface area (Å²) in [7, 11) is 0. The van der Waals surface area contributed by atoms with Crippen LogP contribution in [0.5, 0.6) is 0 Å². The van der Waals surface area contributed by atoms with E-state index in [4.69, 9.17) is 0 Å². The minimum Gasteiger partial charge on any atom is -0.293 e. The topological polar surface area (TPSA) is 34.9 Å². The second-order valence-electron chi connectivity index (χ2n) is 4.85. The molecule has 0 saturated heterocycles. The van der Waals surface area contributed by atoms with Gasteiger partial charge in [0.25, 0.3) is 5.56 Å². The highest BCUT2D eigenvalue weighted by molar-refractivity contribution is 5.79. The van der Waals surface area contributed by atoms with Gasteiger partial charge < -0.3 is 0 Å². The van der Waals surface area contributed by atoms with E-state index in [9.17, 15) is 4.79 Å². The summed E-state index contributed by atoms with van der Waals surface area (Å²) in [6.45, 7) is 6.97. The van der Waals surface area contributed by atoms with Crippen LogP contribution in [-0.4, -0.2) is 9.55 Å². The minimum atomic E-state index is 0.0519. The average molecular weight is 244 g/mol. The number of pyridine rings is 2. The van der Waals surface area contributed by atoms with Crippen LogP contribution in [0.4, 0.5) is 0 Å². The Labute approximate surface area is 107 Å². The normalized spacial score (nSPS) is 11.1. The highest BCUT2D eigenvalue weighted by Gasteiger charge is 2.07. The van der Waals surface area contributed by atoms with E-state index >= 15 is 0 Å². The maximum atomic E-state index is 12.0. The van der Waals surface area contributed by atoms with E-state index in [1.807, 2.05) is 17.6 Å². The fraction of sp³-hybridized carbons (Fsp3) is 0.467. The quantitative estimate of drug-likeness (QED) is 0.774. The third-order valence-electron chi connectivity index (χ3n) is 3.27. The van der Waals surface area contributed by atoms with Gasteiger partial charge in [0.05, 0.1) is 0 Å². The molecule has 0 aliphatic carbocycles. The second kappa shape index (κ2) is 5.34. The largest absolute Gasteiger partial charge is 0.293 e. The summed E-state index contributed by atoms with van der Waals surface area (Å²) in [5.41, 5.74) is 3.03. The fourth-order valence-electron chi connectivity index (χ4n) is 2.32. The van der Waals surface area contributed by atoms with Gasteiger partial charge in [0.1, 0.15) is 5.65 Å². The number of aryl methyl sites for hydroxylation is 3. The van der Waals surface area contributed by atoms with Crippen molar-refractivity contribution in [2.75, 3.05) is 0 Å². The Morgan fingerprint density at radius 3 is 2.72 bits per heavy atom. The number of unbranched alkanes of at least 4 members (excludes halogenated alkanes) is 2. The molecule has 0 fully saturated rings. The van der Waals surface area contributed by atoms with E-state index in [1.165, 1.54) is 5.56 Å². The molecule has 2 heterocycles. The molecule has 0 radical (unpaired) electrons. The van der Waals surface area contributed by atoms with Crippen molar-refractivity contribution >= 4 is 11.0 Å². The minimum absolute atomic E-state index is 0.0519. The molecule has 2 aromatic heterocycles. The van der Waals surface area contributed by atoms with Gasteiger partial charge in [0.2, 0.25) is 0 Å². The van der Waals surface area contributed by atoms with Crippen LogP contribution in [0.3, 0.4) is 0 Å². The Morgan fingerprint density at radius 1 is 1.22 bits per heavy atom. The molecule has 0 saturated carbocycles. The molecule has 2 rings (SSSR count). The van der Waals surface area contributed by atoms with E-state index in [1.54, 1.807) is 6.07 Å². The Kier molecular flexibility index (Phi) is 3.80. The van der Waals surface area contributed by atoms with Gasteiger partial charge in [-0.15, -0.1) is 0 Å². The monoisotopic (exact) mass is 244 g/mol. The summed E-state index contributed by atoms with van der Waals surface area (Å²) in [5.74, 6) is 0. The van der Waals surface area contributed by atoms with Gasteiger partial charge in [0, 0.05) is 23.7 Å². The lowest BCUT2D eigenvalue weighted by molar-refractivity contribution is 0.598. The van der Waals surface area contributed by atoms with Gasteiger partial charge in [-0.05, 0) is 38.0 Å². The van der Waals surface area contributed by atoms with E-state index < -0.39 is 0 Å². The van der Waals surface area contributed by atoms with Crippen LogP contribution in [-0.2, 0) is 6.54 Å². The third kappa shape index (κ3) is 2.45. The lowest BCUT2D eigenvalue weighted by Crippen LogP contribution is -2.20. The number of hydrogen-bond acceptors (Lipinski definition) is 2. The lowest BCUT2D eigenvalue weighted by atomic mass is 10.1. The van der Waals surface area contributed by atoms with Gasteiger partial charge in [-0.1, -0.05) is 19.8 Å². The summed E-state index contributed by atoms with van der Waals surface area (Å²) in [6, 6.07) is 5.59. The Hall–Kier alpha value is -1.64. The molecule has 96 valence electrons. The van der Waals surface area contributed by atoms with Crippen molar-refractivity contribution in [3.05, 3.63) is 39.8 Å². The maximum Gasteiger partial charge on any atom is 0.252 e. The molecule has 0 aromatic carbocycles. The summed E-state index contributed by atoms with van der Waals surface area (Å²) in [5, 5.41) is 1.08. The first-order valence-electron chi connectivity index (χ1n) is 6.61. The van der Waals surface area contributed by atoms with Crippen molar-refractivity contribution in [1.29, 1.82) is 0 Å². The van der Waals surface area contributed by atoms with E-state index in [2.05, 4.69) is 24.9 Å². The van der Waals surface area contributed by atoms with Crippen molar-refractivity contribution in [1.82, 2.24) is 9.55 Å². The lowest BCUT2D eigenvalue weighted by Gasteiger charge is -2.11. The SMILES string of the molecule is CCCCCn1c(=O)ccc2c(C)cc(C)nc21. The summed E-state index contributed by atoms with van der Waals surface area (Å²) in [4.78, 5) is 16.5. The molecule has 0 bridgehead atoms. The first-order valence-corrected chi connectivity index (χ1v) is 6.61. The van der Waals surface area contributed by atoms with Gasteiger partial charge in [-0.3, -0.25) is 9.36 Å². The first-order chi connectivity index (χ1) is 8.63. The van der Waals surface area contributed by atoms with Crippen molar-refractivity contribution in [2.24, 2.45) is 0 Å². The maximum absolute atomic E-state index is 12.0. The van der Waals surface area contributed by atoms with Crippen LogP contribution in [0.25, 0.3) is 11.0 Å². The van der Waals surface area contributed by atoms with E-state index in [-0.39, 0.29) is 5.56 Å². The van der Waals surface area contributed by atoms with Crippen LogP contribution >= 0.6 is 0 Å². The zero-order valence-electron chi connectivity index (χ0n) is 11.4. The Balaban J connectivity index is 2.55. The van der Waals surface area contributed by atoms with Crippen LogP contribution in [0, 0.1) is 13.8 Å². The number of fused-ring (bicyclic) bond motifs is 1. The summed E-state index contributed by atoms with van der Waals surface area (Å²) < 4.78 is 1.81. The van der Waals surface area contributed by atoms with Crippen LogP contribution < -0.4 is 5.56 Å². The average Bonchev–Trinajstić information content (AvgIpc) is 2.32. The fourth-order valence-corrected chi connectivity index (χ4v) is 2.32. The zero-order valence-corrected chi connectivity index (χ0v) is 11.4. The predicted octanol–water partition coefficient (Wildman–Crippen LogP) is 3.20. The highest BCUT2D eigenvalue weighted by Crippen LogP contribution is 2.16. The molecule has 0 N–H and O–H groups in total. The number of aromatic nitrogens is 2. The zero-order chi connectivity index (χ0) is 13.1. The van der Waals surface area contributed by atoms with Crippen molar-refractivity contribution in [3.8, 4) is 0 Å². The molecule has 0 unspecified atom stereocenters. The standard InChI is InChI=1S/C15H20N2O/c1-4-5-6-9-17-14(18)8-7-13-11(2)10-12(3)16-15(13)17/h7-8,10H,4-6,9H2,1-3H3. The number of rotatable bonds is 4. The molecule has 0 aliphatic heterocycles. The molecule has 0 spiro atoms. The molecular weight excluding hydrogens is 224 g/mol. The van der Waals surface area contributed by atoms with E-state index in [0.29, 0.717) is 0 Å². The van der Waals surface area contributed by atoms with Crippen LogP contribution in [0.1, 0.15) is 37.4 Å². The smallest absolute Gasteiger partial charge is 0.252 e. The predicted molar refractivity (Wildman–Crippen MR) is 75.0 cm³/mol. The summed E-state index contributed by atoms with van der Waals surface area (Å²) in [6.07, 6.45) is 3.34. The molecule has 0 atom stereocenters. The van der Waals surface area contributed by atoms with Gasteiger partial charge >= 0.3 is 0 Å². The van der Waals surface area contributed by atoms with Crippen LogP contribution in [0.2, 0.25) is 0 Å². The molecule has 0 amide bonds. The second-order valence-corrected chi connectivity index (χ2v) is 4.85. The Morgan fingerprint density at radius 2 is 2.00 bits per heavy atom. The number of hydrogen-bond donors (Lipinski definition) is 0. The molecular formula is C15H20N2O. The van der Waals surface area contributed by atoms with Crippen molar-refractivity contribution in [3.63, 3.8) is 0 Å². The third-order valence-corrected chi connectivity index (χ3v) is 3.27. The Bertz CT molecular complexity index is 614. The molecule has 2 aromatic rings. The van der Waals surface area contributed by atoms with Gasteiger partial charge in [0.15, 0.2) is 0 Å². The van der Waals surface area contributed by atoms with Crippen molar-refractivity contribution < 1.29 is 0 Å². The molecule has 3 nitrogen and oxygen atoms in total. The molecule has 0 aliphatic rings.